The van der Waals surface area contributed by atoms with Gasteiger partial charge in [0.25, 0.3) is 0 Å². The molecule has 2 aliphatic heterocycles. The number of hydrogen-bond donors (Lipinski definition) is 0. The summed E-state index contributed by atoms with van der Waals surface area (Å²) in [6.45, 7) is 6.17. The number of hydrogen-bond acceptors (Lipinski definition) is 3. The molecule has 0 aliphatic carbocycles. The normalized spacial score (nSPS) is 26.5. The molecule has 98 valence electrons. The zero-order chi connectivity index (χ0) is 13.4. The molecular formula is C15H14ClNO2. The van der Waals surface area contributed by atoms with Crippen molar-refractivity contribution in [1.29, 1.82) is 0 Å². The molecule has 2 aliphatic rings. The van der Waals surface area contributed by atoms with Crippen molar-refractivity contribution in [1.82, 2.24) is 4.98 Å². The number of halogens is 1. The number of epoxide rings is 1. The summed E-state index contributed by atoms with van der Waals surface area (Å²) in [4.78, 5) is 4.39. The summed E-state index contributed by atoms with van der Waals surface area (Å²) in [5, 5.41) is 1.60. The number of pyridine rings is 1. The second kappa shape index (κ2) is 3.41. The summed E-state index contributed by atoms with van der Waals surface area (Å²) in [6.07, 6.45) is 0.293. The van der Waals surface area contributed by atoms with Crippen molar-refractivity contribution in [3.8, 4) is 5.75 Å². The number of benzene rings is 1. The first kappa shape index (κ1) is 11.5. The number of nitrogens with zero attached hydrogens (tertiary/aromatic N) is 1. The molecule has 2 unspecified atom stereocenters. The monoisotopic (exact) mass is 275 g/mol. The fourth-order valence-corrected chi connectivity index (χ4v) is 3.18. The quantitative estimate of drug-likeness (QED) is 0.542. The fraction of sp³-hybridized carbons (Fsp3) is 0.400. The molecule has 3 nitrogen and oxygen atoms in total. The lowest BCUT2D eigenvalue weighted by Gasteiger charge is -2.29. The third-order valence-electron chi connectivity index (χ3n) is 3.97. The van der Waals surface area contributed by atoms with Gasteiger partial charge in [-0.25, -0.2) is 4.98 Å². The van der Waals surface area contributed by atoms with Gasteiger partial charge in [0.1, 0.15) is 28.7 Å². The van der Waals surface area contributed by atoms with Gasteiger partial charge in [-0.2, -0.15) is 0 Å². The predicted molar refractivity (Wildman–Crippen MR) is 73.8 cm³/mol. The first-order valence-corrected chi connectivity index (χ1v) is 6.79. The van der Waals surface area contributed by atoms with Crippen LogP contribution in [0.1, 0.15) is 31.1 Å². The molecule has 2 atom stereocenters. The van der Waals surface area contributed by atoms with Gasteiger partial charge in [-0.1, -0.05) is 11.6 Å². The summed E-state index contributed by atoms with van der Waals surface area (Å²) in [5.41, 5.74) is 2.84. The molecule has 19 heavy (non-hydrogen) atoms. The van der Waals surface area contributed by atoms with Crippen molar-refractivity contribution in [3.63, 3.8) is 0 Å². The van der Waals surface area contributed by atoms with Crippen LogP contribution in [0.3, 0.4) is 0 Å². The Bertz CT molecular complexity index is 711. The van der Waals surface area contributed by atoms with Gasteiger partial charge >= 0.3 is 0 Å². The van der Waals surface area contributed by atoms with Crippen LogP contribution in [0.4, 0.5) is 0 Å². The van der Waals surface area contributed by atoms with E-state index in [1.807, 2.05) is 19.1 Å². The van der Waals surface area contributed by atoms with E-state index in [0.717, 1.165) is 27.8 Å². The topological polar surface area (TPSA) is 34.6 Å². The molecule has 0 amide bonds. The SMILES string of the molecule is Cc1cc(Cl)nc2cc3c(cc12)OC(C)(C)C1OC31. The van der Waals surface area contributed by atoms with Crippen LogP contribution in [-0.4, -0.2) is 16.7 Å². The van der Waals surface area contributed by atoms with Crippen LogP contribution in [0.15, 0.2) is 18.2 Å². The van der Waals surface area contributed by atoms with Gasteiger partial charge in [-0.3, -0.25) is 0 Å². The van der Waals surface area contributed by atoms with Crippen LogP contribution < -0.4 is 4.74 Å². The van der Waals surface area contributed by atoms with Crippen molar-refractivity contribution in [2.75, 3.05) is 0 Å². The van der Waals surface area contributed by atoms with Crippen molar-refractivity contribution in [3.05, 3.63) is 34.5 Å². The van der Waals surface area contributed by atoms with E-state index in [2.05, 4.69) is 24.9 Å². The van der Waals surface area contributed by atoms with E-state index in [9.17, 15) is 0 Å². The minimum absolute atomic E-state index is 0.143. The fourth-order valence-electron chi connectivity index (χ4n) is 2.93. The van der Waals surface area contributed by atoms with Gasteiger partial charge < -0.3 is 9.47 Å². The third kappa shape index (κ3) is 1.58. The molecule has 0 N–H and O–H groups in total. The summed E-state index contributed by atoms with van der Waals surface area (Å²) in [5.74, 6) is 0.906. The van der Waals surface area contributed by atoms with Crippen LogP contribution in [0.2, 0.25) is 5.15 Å². The largest absolute Gasteiger partial charge is 0.485 e. The highest BCUT2D eigenvalue weighted by atomic mass is 35.5. The molecular weight excluding hydrogens is 262 g/mol. The van der Waals surface area contributed by atoms with Crippen molar-refractivity contribution < 1.29 is 9.47 Å². The number of ether oxygens (including phenoxy) is 2. The zero-order valence-corrected chi connectivity index (χ0v) is 11.8. The van der Waals surface area contributed by atoms with Crippen LogP contribution in [0.5, 0.6) is 5.75 Å². The molecule has 0 bridgehead atoms. The molecule has 1 aromatic heterocycles. The van der Waals surface area contributed by atoms with Crippen LogP contribution in [0.25, 0.3) is 10.9 Å². The molecule has 3 heterocycles. The summed E-state index contributed by atoms with van der Waals surface area (Å²) in [7, 11) is 0. The van der Waals surface area contributed by atoms with E-state index in [1.165, 1.54) is 0 Å². The van der Waals surface area contributed by atoms with E-state index in [1.54, 1.807) is 0 Å². The Labute approximate surface area is 116 Å². The standard InChI is InChI=1S/C15H14ClNO2/c1-7-4-12(16)17-10-5-9-11(6-8(7)10)19-15(2,3)14-13(9)18-14/h4-6,13-14H,1-3H3. The van der Waals surface area contributed by atoms with E-state index < -0.39 is 0 Å². The zero-order valence-electron chi connectivity index (χ0n) is 11.0. The van der Waals surface area contributed by atoms with E-state index in [-0.39, 0.29) is 17.8 Å². The minimum Gasteiger partial charge on any atom is -0.485 e. The van der Waals surface area contributed by atoms with E-state index in [0.29, 0.717) is 5.15 Å². The maximum absolute atomic E-state index is 6.08. The first-order valence-electron chi connectivity index (χ1n) is 6.41. The summed E-state index contributed by atoms with van der Waals surface area (Å²) >= 11 is 6.03. The molecule has 2 aromatic rings. The predicted octanol–water partition coefficient (Wildman–Crippen LogP) is 3.81. The van der Waals surface area contributed by atoms with Gasteiger partial charge in [-0.05, 0) is 44.5 Å². The van der Waals surface area contributed by atoms with Crippen LogP contribution in [-0.2, 0) is 4.74 Å². The molecule has 0 saturated carbocycles. The summed E-state index contributed by atoms with van der Waals surface area (Å²) < 4.78 is 11.8. The Hall–Kier alpha value is -1.32. The number of rotatable bonds is 0. The van der Waals surface area contributed by atoms with Gasteiger partial charge in [-0.15, -0.1) is 0 Å². The molecule has 1 fully saturated rings. The first-order chi connectivity index (χ1) is 8.95. The smallest absolute Gasteiger partial charge is 0.132 e. The van der Waals surface area contributed by atoms with E-state index in [4.69, 9.17) is 21.1 Å². The average molecular weight is 276 g/mol. The lowest BCUT2D eigenvalue weighted by molar-refractivity contribution is 0.0727. The molecule has 0 spiro atoms. The highest BCUT2D eigenvalue weighted by molar-refractivity contribution is 6.29. The van der Waals surface area contributed by atoms with Crippen LogP contribution in [0, 0.1) is 6.92 Å². The maximum atomic E-state index is 6.08. The molecule has 4 heteroatoms. The minimum atomic E-state index is -0.265. The van der Waals surface area contributed by atoms with Gasteiger partial charge in [0.05, 0.1) is 5.52 Å². The number of aromatic nitrogens is 1. The number of aryl methyl sites for hydroxylation is 1. The Kier molecular flexibility index (Phi) is 2.06. The van der Waals surface area contributed by atoms with Crippen molar-refractivity contribution in [2.45, 2.75) is 38.6 Å². The molecule has 1 aromatic carbocycles. The summed E-state index contributed by atoms with van der Waals surface area (Å²) in [6, 6.07) is 5.98. The molecule has 4 rings (SSSR count). The number of fused-ring (bicyclic) bond motifs is 4. The lowest BCUT2D eigenvalue weighted by Crippen LogP contribution is -2.37. The average Bonchev–Trinajstić information content (AvgIpc) is 3.08. The van der Waals surface area contributed by atoms with Crippen molar-refractivity contribution in [2.24, 2.45) is 0 Å². The highest BCUT2D eigenvalue weighted by Gasteiger charge is 2.56. The second-order valence-corrected chi connectivity index (χ2v) is 6.24. The van der Waals surface area contributed by atoms with Crippen molar-refractivity contribution >= 4 is 22.5 Å². The van der Waals surface area contributed by atoms with Crippen LogP contribution >= 0.6 is 11.6 Å². The van der Waals surface area contributed by atoms with Gasteiger partial charge in [0, 0.05) is 10.9 Å². The lowest BCUT2D eigenvalue weighted by atomic mass is 9.93. The van der Waals surface area contributed by atoms with Gasteiger partial charge in [0.2, 0.25) is 0 Å². The molecule has 0 radical (unpaired) electrons. The maximum Gasteiger partial charge on any atom is 0.132 e. The second-order valence-electron chi connectivity index (χ2n) is 5.85. The Morgan fingerprint density at radius 1 is 1.26 bits per heavy atom. The third-order valence-corrected chi connectivity index (χ3v) is 4.17. The molecule has 1 saturated heterocycles. The Balaban J connectivity index is 1.98. The van der Waals surface area contributed by atoms with E-state index >= 15 is 0 Å². The Morgan fingerprint density at radius 3 is 2.84 bits per heavy atom. The Morgan fingerprint density at radius 2 is 2.05 bits per heavy atom. The van der Waals surface area contributed by atoms with Gasteiger partial charge in [0.15, 0.2) is 0 Å². The highest BCUT2D eigenvalue weighted by Crippen LogP contribution is 2.54.